The maximum Gasteiger partial charge on any atom is 0.126 e. The van der Waals surface area contributed by atoms with Gasteiger partial charge in [0.15, 0.2) is 0 Å². The molecular weight excluding hydrogens is 354 g/mol. The van der Waals surface area contributed by atoms with Crippen LogP contribution in [0.3, 0.4) is 0 Å². The van der Waals surface area contributed by atoms with Crippen LogP contribution in [-0.4, -0.2) is 37.7 Å². The first-order chi connectivity index (χ1) is 13.3. The zero-order valence-electron chi connectivity index (χ0n) is 16.1. The number of fused-ring (bicyclic) bond motifs is 2. The van der Waals surface area contributed by atoms with Crippen LogP contribution in [0.4, 0.5) is 0 Å². The molecular formula is C23H27NO2S. The predicted octanol–water partition coefficient (Wildman–Crippen LogP) is 5.17. The van der Waals surface area contributed by atoms with Crippen LogP contribution in [0.15, 0.2) is 47.8 Å². The zero-order chi connectivity index (χ0) is 18.6. The second-order valence-corrected chi connectivity index (χ2v) is 8.01. The third kappa shape index (κ3) is 3.83. The van der Waals surface area contributed by atoms with E-state index in [0.717, 1.165) is 44.0 Å². The molecule has 0 saturated carbocycles. The molecule has 0 bridgehead atoms. The largest absolute Gasteiger partial charge is 0.496 e. The normalized spacial score (nSPS) is 16.3. The molecule has 1 atom stereocenters. The first-order valence-electron chi connectivity index (χ1n) is 9.78. The Morgan fingerprint density at radius 3 is 2.93 bits per heavy atom. The average Bonchev–Trinajstić information content (AvgIpc) is 3.13. The topological polar surface area (TPSA) is 21.7 Å². The van der Waals surface area contributed by atoms with Gasteiger partial charge in [0.05, 0.1) is 7.11 Å². The Kier molecular flexibility index (Phi) is 5.65. The monoisotopic (exact) mass is 381 g/mol. The lowest BCUT2D eigenvalue weighted by Crippen LogP contribution is -2.43. The van der Waals surface area contributed by atoms with Gasteiger partial charge in [0.1, 0.15) is 18.1 Å². The third-order valence-corrected chi connectivity index (χ3v) is 6.57. The van der Waals surface area contributed by atoms with Crippen LogP contribution in [0.1, 0.15) is 24.5 Å². The summed E-state index contributed by atoms with van der Waals surface area (Å²) in [4.78, 5) is 2.56. The van der Waals surface area contributed by atoms with Crippen LogP contribution in [0, 0.1) is 0 Å². The third-order valence-electron chi connectivity index (χ3n) is 5.56. The molecule has 4 rings (SSSR count). The zero-order valence-corrected chi connectivity index (χ0v) is 16.9. The number of hydrogen-bond donors (Lipinski definition) is 0. The van der Waals surface area contributed by atoms with E-state index in [1.165, 1.54) is 27.6 Å². The second-order valence-electron chi connectivity index (χ2n) is 7.10. The molecule has 1 aliphatic heterocycles. The van der Waals surface area contributed by atoms with E-state index >= 15 is 0 Å². The van der Waals surface area contributed by atoms with Crippen LogP contribution >= 0.6 is 11.3 Å². The van der Waals surface area contributed by atoms with Crippen molar-refractivity contribution in [3.63, 3.8) is 0 Å². The Balaban J connectivity index is 1.39. The van der Waals surface area contributed by atoms with Gasteiger partial charge in [-0.25, -0.2) is 0 Å². The number of hydrogen-bond acceptors (Lipinski definition) is 4. The molecule has 27 heavy (non-hydrogen) atoms. The van der Waals surface area contributed by atoms with Crippen molar-refractivity contribution in [3.8, 4) is 11.5 Å². The van der Waals surface area contributed by atoms with E-state index in [-0.39, 0.29) is 0 Å². The number of thiophene rings is 1. The molecule has 0 N–H and O–H groups in total. The summed E-state index contributed by atoms with van der Waals surface area (Å²) >= 11 is 1.86. The number of nitrogens with zero attached hydrogens (tertiary/aromatic N) is 1. The molecule has 3 nitrogen and oxygen atoms in total. The highest BCUT2D eigenvalue weighted by Gasteiger charge is 2.26. The highest BCUT2D eigenvalue weighted by atomic mass is 32.1. The van der Waals surface area contributed by atoms with Gasteiger partial charge in [0, 0.05) is 16.3 Å². The van der Waals surface area contributed by atoms with Crippen molar-refractivity contribution in [2.45, 2.75) is 32.2 Å². The molecule has 1 aliphatic rings. The fourth-order valence-corrected chi connectivity index (χ4v) is 5.08. The smallest absolute Gasteiger partial charge is 0.126 e. The van der Waals surface area contributed by atoms with Crippen LogP contribution in [-0.2, 0) is 12.8 Å². The van der Waals surface area contributed by atoms with E-state index in [0.29, 0.717) is 6.04 Å². The SMILES string of the molecule is CCN(CCCc1csc2ccccc12)C1COc2cccc(OC)c2C1. The molecule has 0 saturated heterocycles. The van der Waals surface area contributed by atoms with Gasteiger partial charge in [-0.1, -0.05) is 31.2 Å². The van der Waals surface area contributed by atoms with Gasteiger partial charge >= 0.3 is 0 Å². The maximum absolute atomic E-state index is 6.05. The highest BCUT2D eigenvalue weighted by Crippen LogP contribution is 2.34. The van der Waals surface area contributed by atoms with Crippen molar-refractivity contribution in [1.82, 2.24) is 4.90 Å². The lowest BCUT2D eigenvalue weighted by atomic mass is 9.99. The van der Waals surface area contributed by atoms with Gasteiger partial charge in [0.25, 0.3) is 0 Å². The average molecular weight is 382 g/mol. The van der Waals surface area contributed by atoms with Crippen LogP contribution in [0.2, 0.25) is 0 Å². The van der Waals surface area contributed by atoms with E-state index in [9.17, 15) is 0 Å². The minimum absolute atomic E-state index is 0.415. The number of ether oxygens (including phenoxy) is 2. The van der Waals surface area contributed by atoms with Crippen molar-refractivity contribution in [3.05, 3.63) is 59.0 Å². The molecule has 2 aromatic carbocycles. The van der Waals surface area contributed by atoms with Crippen molar-refractivity contribution < 1.29 is 9.47 Å². The van der Waals surface area contributed by atoms with Crippen molar-refractivity contribution in [2.24, 2.45) is 0 Å². The molecule has 0 spiro atoms. The first kappa shape index (κ1) is 18.3. The highest BCUT2D eigenvalue weighted by molar-refractivity contribution is 7.17. The number of aryl methyl sites for hydroxylation is 1. The number of methoxy groups -OCH3 is 1. The molecule has 0 aliphatic carbocycles. The Labute approximate surface area is 165 Å². The van der Waals surface area contributed by atoms with E-state index in [1.54, 1.807) is 7.11 Å². The standard InChI is InChI=1S/C23H27NO2S/c1-3-24(13-7-8-17-16-27-23-12-5-4-9-19(17)23)18-14-20-21(25-2)10-6-11-22(20)26-15-18/h4-6,9-12,16,18H,3,7-8,13-15H2,1-2H3. The maximum atomic E-state index is 6.05. The Morgan fingerprint density at radius 1 is 1.19 bits per heavy atom. The van der Waals surface area contributed by atoms with Gasteiger partial charge in [-0.2, -0.15) is 0 Å². The predicted molar refractivity (Wildman–Crippen MR) is 113 cm³/mol. The van der Waals surface area contributed by atoms with Crippen molar-refractivity contribution in [1.29, 1.82) is 0 Å². The van der Waals surface area contributed by atoms with E-state index in [1.807, 2.05) is 29.5 Å². The summed E-state index contributed by atoms with van der Waals surface area (Å²) in [7, 11) is 1.74. The number of likely N-dealkylation sites (N-methyl/N-ethyl adjacent to an activating group) is 1. The summed E-state index contributed by atoms with van der Waals surface area (Å²) in [6.45, 7) is 5.15. The molecule has 0 fully saturated rings. The van der Waals surface area contributed by atoms with Gasteiger partial charge in [-0.05, 0) is 66.9 Å². The Morgan fingerprint density at radius 2 is 2.07 bits per heavy atom. The number of benzene rings is 2. The molecule has 142 valence electrons. The van der Waals surface area contributed by atoms with Crippen LogP contribution < -0.4 is 9.47 Å². The molecule has 1 unspecified atom stereocenters. The Hall–Kier alpha value is -2.04. The summed E-state index contributed by atoms with van der Waals surface area (Å²) in [5.74, 6) is 1.92. The fourth-order valence-electron chi connectivity index (χ4n) is 4.09. The van der Waals surface area contributed by atoms with Gasteiger partial charge < -0.3 is 9.47 Å². The number of rotatable bonds is 7. The molecule has 3 aromatic rings. The molecule has 0 amide bonds. The summed E-state index contributed by atoms with van der Waals surface area (Å²) in [5, 5.41) is 3.75. The molecule has 0 radical (unpaired) electrons. The first-order valence-corrected chi connectivity index (χ1v) is 10.7. The molecule has 1 aromatic heterocycles. The quantitative estimate of drug-likeness (QED) is 0.564. The lowest BCUT2D eigenvalue weighted by molar-refractivity contribution is 0.122. The minimum Gasteiger partial charge on any atom is -0.496 e. The van der Waals surface area contributed by atoms with Crippen molar-refractivity contribution >= 4 is 21.4 Å². The minimum atomic E-state index is 0.415. The van der Waals surface area contributed by atoms with Crippen molar-refractivity contribution in [2.75, 3.05) is 26.8 Å². The van der Waals surface area contributed by atoms with Crippen LogP contribution in [0.25, 0.3) is 10.1 Å². The van der Waals surface area contributed by atoms with E-state index in [2.05, 4.69) is 41.5 Å². The van der Waals surface area contributed by atoms with Gasteiger partial charge in [-0.15, -0.1) is 11.3 Å². The lowest BCUT2D eigenvalue weighted by Gasteiger charge is -2.35. The molecule has 4 heteroatoms. The summed E-state index contributed by atoms with van der Waals surface area (Å²) in [5.41, 5.74) is 2.69. The summed E-state index contributed by atoms with van der Waals surface area (Å²) < 4.78 is 13.0. The Bertz CT molecular complexity index is 890. The van der Waals surface area contributed by atoms with Gasteiger partial charge in [0.2, 0.25) is 0 Å². The molecule has 2 heterocycles. The van der Waals surface area contributed by atoms with Gasteiger partial charge in [-0.3, -0.25) is 4.90 Å². The second kappa shape index (κ2) is 8.32. The summed E-state index contributed by atoms with van der Waals surface area (Å²) in [6.07, 6.45) is 3.30. The summed E-state index contributed by atoms with van der Waals surface area (Å²) in [6, 6.07) is 15.2. The van der Waals surface area contributed by atoms with E-state index < -0.39 is 0 Å². The fraction of sp³-hybridized carbons (Fsp3) is 0.391. The van der Waals surface area contributed by atoms with E-state index in [4.69, 9.17) is 9.47 Å². The van der Waals surface area contributed by atoms with Crippen LogP contribution in [0.5, 0.6) is 11.5 Å².